The molecular formula is C28H27ClN6O5. The Morgan fingerprint density at radius 1 is 1.18 bits per heavy atom. The van der Waals surface area contributed by atoms with Gasteiger partial charge in [-0.2, -0.15) is 10.4 Å². The second kappa shape index (κ2) is 12.0. The molecule has 11 nitrogen and oxygen atoms in total. The first kappa shape index (κ1) is 28.4. The largest absolute Gasteiger partial charge is 0.495 e. The van der Waals surface area contributed by atoms with Crippen LogP contribution in [0.3, 0.4) is 0 Å². The Balaban J connectivity index is 1.73. The number of nitrogens with zero attached hydrogens (tertiary/aromatic N) is 5. The number of carbonyl (C=O) groups excluding carboxylic acids is 2. The molecule has 0 fully saturated rings. The number of methoxy groups -OCH3 is 2. The number of halogens is 1. The van der Waals surface area contributed by atoms with Crippen molar-refractivity contribution in [3.63, 3.8) is 0 Å². The topological polar surface area (TPSA) is 131 Å². The van der Waals surface area contributed by atoms with Crippen molar-refractivity contribution in [1.82, 2.24) is 19.1 Å². The van der Waals surface area contributed by atoms with Gasteiger partial charge in [0, 0.05) is 68.3 Å². The Labute approximate surface area is 235 Å². The molecule has 3 heterocycles. The third-order valence-electron chi connectivity index (χ3n) is 6.32. The summed E-state index contributed by atoms with van der Waals surface area (Å²) < 4.78 is 13.6. The smallest absolute Gasteiger partial charge is 0.257 e. The van der Waals surface area contributed by atoms with Gasteiger partial charge in [-0.1, -0.05) is 11.6 Å². The highest BCUT2D eigenvalue weighted by Crippen LogP contribution is 2.33. The predicted octanol–water partition coefficient (Wildman–Crippen LogP) is 3.61. The van der Waals surface area contributed by atoms with E-state index >= 15 is 0 Å². The molecule has 1 unspecified atom stereocenters. The maximum absolute atomic E-state index is 13.5. The monoisotopic (exact) mass is 562 g/mol. The molecule has 206 valence electrons. The lowest BCUT2D eigenvalue weighted by molar-refractivity contribution is -0.119. The van der Waals surface area contributed by atoms with Crippen molar-refractivity contribution in [3.8, 4) is 22.9 Å². The molecule has 0 saturated carbocycles. The van der Waals surface area contributed by atoms with Crippen LogP contribution in [-0.4, -0.2) is 65.8 Å². The zero-order chi connectivity index (χ0) is 29.0. The summed E-state index contributed by atoms with van der Waals surface area (Å²) in [6.07, 6.45) is 4.72. The molecular weight excluding hydrogens is 536 g/mol. The molecule has 0 bridgehead atoms. The summed E-state index contributed by atoms with van der Waals surface area (Å²) in [5, 5.41) is 17.0. The van der Waals surface area contributed by atoms with Gasteiger partial charge in [-0.15, -0.1) is 0 Å². The Kier molecular flexibility index (Phi) is 8.52. The number of benzene rings is 1. The van der Waals surface area contributed by atoms with Crippen LogP contribution in [0, 0.1) is 11.3 Å². The van der Waals surface area contributed by atoms with Crippen molar-refractivity contribution in [2.24, 2.45) is 0 Å². The van der Waals surface area contributed by atoms with E-state index in [1.54, 1.807) is 50.6 Å². The van der Waals surface area contributed by atoms with Crippen molar-refractivity contribution in [3.05, 3.63) is 81.5 Å². The maximum atomic E-state index is 13.5. The van der Waals surface area contributed by atoms with Crippen LogP contribution in [0.25, 0.3) is 16.6 Å². The molecule has 0 aliphatic rings. The lowest BCUT2D eigenvalue weighted by atomic mass is 10.00. The quantitative estimate of drug-likeness (QED) is 0.329. The van der Waals surface area contributed by atoms with E-state index in [1.165, 1.54) is 46.7 Å². The van der Waals surface area contributed by atoms with Crippen LogP contribution in [0.1, 0.15) is 28.4 Å². The van der Waals surface area contributed by atoms with Crippen LogP contribution in [0.4, 0.5) is 5.69 Å². The first-order valence-electron chi connectivity index (χ1n) is 12.2. The molecule has 0 aliphatic heterocycles. The van der Waals surface area contributed by atoms with Gasteiger partial charge < -0.3 is 19.7 Å². The van der Waals surface area contributed by atoms with Gasteiger partial charge >= 0.3 is 0 Å². The molecule has 0 spiro atoms. The first-order chi connectivity index (χ1) is 19.2. The summed E-state index contributed by atoms with van der Waals surface area (Å²) in [7, 11) is 6.22. The number of amides is 2. The minimum atomic E-state index is -0.964. The van der Waals surface area contributed by atoms with Crippen molar-refractivity contribution in [2.75, 3.05) is 40.2 Å². The van der Waals surface area contributed by atoms with Crippen LogP contribution in [-0.2, 0) is 9.53 Å². The minimum Gasteiger partial charge on any atom is -0.495 e. The molecule has 2 amide bonds. The Morgan fingerprint density at radius 3 is 2.62 bits per heavy atom. The number of anilines is 1. The van der Waals surface area contributed by atoms with E-state index in [-0.39, 0.29) is 24.7 Å². The van der Waals surface area contributed by atoms with Gasteiger partial charge in [0.05, 0.1) is 42.2 Å². The number of pyridine rings is 2. The molecule has 4 rings (SSSR count). The van der Waals surface area contributed by atoms with Crippen LogP contribution in [0.15, 0.2) is 59.8 Å². The fourth-order valence-corrected chi connectivity index (χ4v) is 4.47. The summed E-state index contributed by atoms with van der Waals surface area (Å²) in [4.78, 5) is 40.9. The van der Waals surface area contributed by atoms with E-state index < -0.39 is 17.5 Å². The third-order valence-corrected chi connectivity index (χ3v) is 6.55. The van der Waals surface area contributed by atoms with Gasteiger partial charge in [-0.25, -0.2) is 4.52 Å². The molecule has 3 aromatic heterocycles. The average Bonchev–Trinajstić information content (AvgIpc) is 3.36. The number of hydrogen-bond donors (Lipinski definition) is 1. The van der Waals surface area contributed by atoms with Crippen molar-refractivity contribution in [2.45, 2.75) is 12.5 Å². The number of fused-ring (bicyclic) bond motifs is 1. The van der Waals surface area contributed by atoms with Crippen molar-refractivity contribution in [1.29, 1.82) is 5.26 Å². The number of ether oxygens (including phenoxy) is 2. The summed E-state index contributed by atoms with van der Waals surface area (Å²) in [6.45, 7) is 0.199. The standard InChI is InChI=1S/C28H27ClN6O5/c1-33(2)28(38)22-15-31-35-9-7-19(12-24(22)35)32-27(37)23(8-10-39-3)34-16-25(40-4)21(13-26(34)36)20-11-18(29)6-5-17(20)14-30/h5-7,9,11-13,15-16,23H,8,10H2,1-4H3,(H,32,37). The Morgan fingerprint density at radius 2 is 1.95 bits per heavy atom. The molecule has 0 radical (unpaired) electrons. The SMILES string of the molecule is COCCC(C(=O)Nc1ccn2ncc(C(=O)N(C)C)c2c1)n1cc(OC)c(-c2cc(Cl)ccc2C#N)cc1=O. The second-order valence-corrected chi connectivity index (χ2v) is 9.53. The molecule has 0 saturated heterocycles. The van der Waals surface area contributed by atoms with Crippen LogP contribution in [0.5, 0.6) is 5.75 Å². The van der Waals surface area contributed by atoms with E-state index in [9.17, 15) is 19.6 Å². The summed E-state index contributed by atoms with van der Waals surface area (Å²) in [5.74, 6) is -0.422. The molecule has 1 aromatic carbocycles. The van der Waals surface area contributed by atoms with Gasteiger partial charge in [0.25, 0.3) is 11.5 Å². The van der Waals surface area contributed by atoms with Gasteiger partial charge in [-0.3, -0.25) is 19.0 Å². The van der Waals surface area contributed by atoms with Gasteiger partial charge in [0.1, 0.15) is 11.8 Å². The molecule has 0 aliphatic carbocycles. The fourth-order valence-electron chi connectivity index (χ4n) is 4.30. The van der Waals surface area contributed by atoms with E-state index in [0.717, 1.165) is 0 Å². The average molecular weight is 563 g/mol. The summed E-state index contributed by atoms with van der Waals surface area (Å²) in [6, 6.07) is 10.5. The van der Waals surface area contributed by atoms with Crippen molar-refractivity contribution >= 4 is 34.6 Å². The number of aromatic nitrogens is 3. The van der Waals surface area contributed by atoms with E-state index in [4.69, 9.17) is 21.1 Å². The number of nitrogens with one attached hydrogen (secondary N) is 1. The van der Waals surface area contributed by atoms with Gasteiger partial charge in [0.2, 0.25) is 5.91 Å². The second-order valence-electron chi connectivity index (χ2n) is 9.09. The zero-order valence-corrected chi connectivity index (χ0v) is 23.1. The lowest BCUT2D eigenvalue weighted by Crippen LogP contribution is -2.34. The van der Waals surface area contributed by atoms with Crippen LogP contribution >= 0.6 is 11.6 Å². The highest BCUT2D eigenvalue weighted by Gasteiger charge is 2.25. The zero-order valence-electron chi connectivity index (χ0n) is 22.3. The third kappa shape index (κ3) is 5.68. The highest BCUT2D eigenvalue weighted by molar-refractivity contribution is 6.31. The predicted molar refractivity (Wildman–Crippen MR) is 150 cm³/mol. The van der Waals surface area contributed by atoms with Crippen molar-refractivity contribution < 1.29 is 19.1 Å². The first-order valence-corrected chi connectivity index (χ1v) is 12.5. The van der Waals surface area contributed by atoms with Crippen LogP contribution in [0.2, 0.25) is 5.02 Å². The maximum Gasteiger partial charge on any atom is 0.257 e. The van der Waals surface area contributed by atoms with E-state index in [1.807, 2.05) is 0 Å². The normalized spacial score (nSPS) is 11.6. The molecule has 12 heteroatoms. The number of rotatable bonds is 9. The molecule has 4 aromatic rings. The van der Waals surface area contributed by atoms with Crippen LogP contribution < -0.4 is 15.6 Å². The molecule has 1 N–H and O–H groups in total. The minimum absolute atomic E-state index is 0.185. The number of nitriles is 1. The molecule has 40 heavy (non-hydrogen) atoms. The van der Waals surface area contributed by atoms with Gasteiger partial charge in [0.15, 0.2) is 0 Å². The Bertz CT molecular complexity index is 1690. The van der Waals surface area contributed by atoms with Gasteiger partial charge in [-0.05, 0) is 30.3 Å². The summed E-state index contributed by atoms with van der Waals surface area (Å²) in [5.41, 5.74) is 1.96. The lowest BCUT2D eigenvalue weighted by Gasteiger charge is -2.21. The number of carbonyl (C=O) groups is 2. The van der Waals surface area contributed by atoms with E-state index in [0.29, 0.717) is 38.5 Å². The molecule has 1 atom stereocenters. The fraction of sp³-hybridized carbons (Fsp3) is 0.250. The highest BCUT2D eigenvalue weighted by atomic mass is 35.5. The summed E-state index contributed by atoms with van der Waals surface area (Å²) >= 11 is 6.16. The van der Waals surface area contributed by atoms with E-state index in [2.05, 4.69) is 16.5 Å². The Hall–Kier alpha value is -4.66. The number of hydrogen-bond acceptors (Lipinski definition) is 7.